The van der Waals surface area contributed by atoms with Gasteiger partial charge in [-0.2, -0.15) is 0 Å². The van der Waals surface area contributed by atoms with E-state index in [9.17, 15) is 4.79 Å². The first kappa shape index (κ1) is 17.1. The lowest BCUT2D eigenvalue weighted by Gasteiger charge is -2.32. The second kappa shape index (κ2) is 7.13. The number of hydrazone groups is 1. The molecule has 1 N–H and O–H groups in total. The van der Waals surface area contributed by atoms with E-state index in [0.29, 0.717) is 10.9 Å². The van der Waals surface area contributed by atoms with Gasteiger partial charge in [-0.3, -0.25) is 15.1 Å². The van der Waals surface area contributed by atoms with E-state index < -0.39 is 6.17 Å². The van der Waals surface area contributed by atoms with Crippen molar-refractivity contribution in [2.75, 3.05) is 5.75 Å². The molecule has 132 valence electrons. The number of benzene rings is 1. The summed E-state index contributed by atoms with van der Waals surface area (Å²) in [5, 5.41) is 11.2. The molecule has 0 bridgehead atoms. The van der Waals surface area contributed by atoms with Crippen molar-refractivity contribution < 1.29 is 9.21 Å². The van der Waals surface area contributed by atoms with Gasteiger partial charge in [0.25, 0.3) is 5.91 Å². The number of rotatable bonds is 3. The molecule has 4 rings (SSSR count). The zero-order valence-electron chi connectivity index (χ0n) is 13.8. The highest BCUT2D eigenvalue weighted by Crippen LogP contribution is 2.22. The van der Waals surface area contributed by atoms with E-state index in [2.05, 4.69) is 26.3 Å². The molecule has 0 aliphatic carbocycles. The van der Waals surface area contributed by atoms with Crippen LogP contribution in [-0.4, -0.2) is 28.0 Å². The summed E-state index contributed by atoms with van der Waals surface area (Å²) in [4.78, 5) is 17.5. The van der Waals surface area contributed by atoms with Crippen molar-refractivity contribution in [2.24, 2.45) is 10.1 Å². The summed E-state index contributed by atoms with van der Waals surface area (Å²) < 4.78 is 6.23. The Labute approximate surface area is 162 Å². The molecular formula is C18H15BrN4O2S. The minimum atomic E-state index is -0.428. The minimum Gasteiger partial charge on any atom is -0.465 e. The summed E-state index contributed by atoms with van der Waals surface area (Å²) in [5.41, 5.74) is 0.492. The quantitative estimate of drug-likeness (QED) is 0.810. The molecule has 0 saturated carbocycles. The van der Waals surface area contributed by atoms with Gasteiger partial charge in [0.2, 0.25) is 0 Å². The Morgan fingerprint density at radius 3 is 3.08 bits per heavy atom. The van der Waals surface area contributed by atoms with Crippen LogP contribution in [0, 0.1) is 0 Å². The molecule has 0 spiro atoms. The molecule has 0 fully saturated rings. The maximum Gasteiger partial charge on any atom is 0.276 e. The molecule has 1 atom stereocenters. The third-order valence-corrected chi connectivity index (χ3v) is 5.09. The van der Waals surface area contributed by atoms with Gasteiger partial charge in [0.1, 0.15) is 11.5 Å². The van der Waals surface area contributed by atoms with Crippen LogP contribution in [0.15, 0.2) is 61.7 Å². The van der Waals surface area contributed by atoms with E-state index in [1.165, 1.54) is 11.8 Å². The number of hydrogen-bond donors (Lipinski definition) is 1. The number of hydrogen-bond acceptors (Lipinski definition) is 6. The Bertz CT molecular complexity index is 1030. The van der Waals surface area contributed by atoms with Gasteiger partial charge in [-0.1, -0.05) is 34.6 Å². The van der Waals surface area contributed by atoms with Crippen molar-refractivity contribution in [3.05, 3.63) is 63.5 Å². The van der Waals surface area contributed by atoms with Crippen molar-refractivity contribution in [1.29, 1.82) is 0 Å². The monoisotopic (exact) mass is 430 g/mol. The van der Waals surface area contributed by atoms with E-state index in [-0.39, 0.29) is 5.91 Å². The smallest absolute Gasteiger partial charge is 0.276 e. The number of nitrogens with one attached hydrogen (secondary N) is 1. The van der Waals surface area contributed by atoms with Crippen LogP contribution in [0.25, 0.3) is 11.8 Å². The highest BCUT2D eigenvalue weighted by Gasteiger charge is 2.32. The molecule has 1 amide bonds. The fourth-order valence-corrected chi connectivity index (χ4v) is 3.72. The van der Waals surface area contributed by atoms with Gasteiger partial charge in [0, 0.05) is 9.69 Å². The Kier molecular flexibility index (Phi) is 4.69. The van der Waals surface area contributed by atoms with Crippen LogP contribution >= 0.6 is 27.7 Å². The van der Waals surface area contributed by atoms with Crippen molar-refractivity contribution in [2.45, 2.75) is 13.1 Å². The summed E-state index contributed by atoms with van der Waals surface area (Å²) in [6.07, 6.45) is 4.90. The lowest BCUT2D eigenvalue weighted by Crippen LogP contribution is -2.52. The largest absolute Gasteiger partial charge is 0.465 e. The lowest BCUT2D eigenvalue weighted by atomic mass is 10.1. The lowest BCUT2D eigenvalue weighted by molar-refractivity contribution is -0.116. The molecule has 6 nitrogen and oxygen atoms in total. The van der Waals surface area contributed by atoms with Crippen molar-refractivity contribution in [3.8, 4) is 0 Å². The number of nitrogens with zero attached hydrogens (tertiary/aromatic N) is 3. The molecule has 3 heterocycles. The maximum atomic E-state index is 12.8. The first-order chi connectivity index (χ1) is 12.7. The molecule has 1 aromatic heterocycles. The molecule has 1 aromatic carbocycles. The Morgan fingerprint density at radius 2 is 2.31 bits per heavy atom. The molecule has 0 saturated heterocycles. The standard InChI is InChI=1S/C18H15BrN4O2S/c1-2-26-18-21-17(24)16-13-10-11(19)5-7-14(13)20-15(23(16)22-18)8-6-12-4-3-9-25-12/h3-10,15H,2H2,1H3,(H,21,22,24)/b8-6+. The predicted molar refractivity (Wildman–Crippen MR) is 105 cm³/mol. The van der Waals surface area contributed by atoms with E-state index in [0.717, 1.165) is 26.6 Å². The van der Waals surface area contributed by atoms with Gasteiger partial charge in [-0.15, -0.1) is 5.10 Å². The summed E-state index contributed by atoms with van der Waals surface area (Å²) in [6.45, 7) is 2.01. The van der Waals surface area contributed by atoms with Gasteiger partial charge >= 0.3 is 0 Å². The molecular weight excluding hydrogens is 416 g/mol. The zero-order chi connectivity index (χ0) is 18.1. The maximum absolute atomic E-state index is 12.8. The molecule has 26 heavy (non-hydrogen) atoms. The van der Waals surface area contributed by atoms with Crippen LogP contribution in [0.4, 0.5) is 0 Å². The van der Waals surface area contributed by atoms with Gasteiger partial charge in [0.05, 0.1) is 11.6 Å². The number of furan rings is 1. The Balaban J connectivity index is 1.86. The van der Waals surface area contributed by atoms with Crippen molar-refractivity contribution in [3.63, 3.8) is 0 Å². The predicted octanol–water partition coefficient (Wildman–Crippen LogP) is 2.28. The first-order valence-corrected chi connectivity index (χ1v) is 9.85. The van der Waals surface area contributed by atoms with Gasteiger partial charge in [0.15, 0.2) is 11.3 Å². The van der Waals surface area contributed by atoms with Gasteiger partial charge in [-0.05, 0) is 48.2 Å². The molecule has 0 radical (unpaired) electrons. The van der Waals surface area contributed by atoms with E-state index in [1.807, 2.05) is 49.4 Å². The molecule has 2 aliphatic heterocycles. The minimum absolute atomic E-state index is 0.179. The number of amides is 1. The van der Waals surface area contributed by atoms with Crippen LogP contribution in [0.5, 0.6) is 0 Å². The van der Waals surface area contributed by atoms with Crippen molar-refractivity contribution in [1.82, 2.24) is 10.3 Å². The highest BCUT2D eigenvalue weighted by molar-refractivity contribution is 9.10. The van der Waals surface area contributed by atoms with Crippen LogP contribution in [0.1, 0.15) is 12.7 Å². The normalized spacial score (nSPS) is 18.9. The molecule has 8 heteroatoms. The first-order valence-electron chi connectivity index (χ1n) is 8.07. The second-order valence-corrected chi connectivity index (χ2v) is 7.73. The van der Waals surface area contributed by atoms with E-state index >= 15 is 0 Å². The van der Waals surface area contributed by atoms with Crippen LogP contribution in [-0.2, 0) is 4.79 Å². The Morgan fingerprint density at radius 1 is 1.42 bits per heavy atom. The number of halogens is 1. The molecule has 2 aromatic rings. The van der Waals surface area contributed by atoms with Crippen LogP contribution in [0.2, 0.25) is 0 Å². The van der Waals surface area contributed by atoms with Gasteiger partial charge in [-0.25, -0.2) is 5.01 Å². The van der Waals surface area contributed by atoms with Crippen molar-refractivity contribution >= 4 is 50.5 Å². The number of amidine groups is 1. The van der Waals surface area contributed by atoms with Crippen LogP contribution < -0.4 is 15.9 Å². The summed E-state index contributed by atoms with van der Waals surface area (Å²) in [6, 6.07) is 9.38. The summed E-state index contributed by atoms with van der Waals surface area (Å²) in [7, 11) is 0. The molecule has 1 unspecified atom stereocenters. The second-order valence-electron chi connectivity index (χ2n) is 5.56. The number of carbonyl (C=O) groups excluding carboxylic acids is 1. The fourth-order valence-electron chi connectivity index (χ4n) is 2.77. The average molecular weight is 431 g/mol. The summed E-state index contributed by atoms with van der Waals surface area (Å²) in [5.74, 6) is 1.35. The molecule has 2 aliphatic rings. The third kappa shape index (κ3) is 3.22. The number of thioether (sulfide) groups is 1. The van der Waals surface area contributed by atoms with Crippen LogP contribution in [0.3, 0.4) is 0 Å². The topological polar surface area (TPSA) is 70.2 Å². The third-order valence-electron chi connectivity index (χ3n) is 3.86. The SMILES string of the molecule is CCSC1=NN2C(=c3cc(Br)ccc3=NC2/C=C/c2ccco2)C(=O)N1. The zero-order valence-corrected chi connectivity index (χ0v) is 16.3. The van der Waals surface area contributed by atoms with E-state index in [1.54, 1.807) is 11.3 Å². The highest BCUT2D eigenvalue weighted by atomic mass is 79.9. The fraction of sp³-hybridized carbons (Fsp3) is 0.167. The summed E-state index contributed by atoms with van der Waals surface area (Å²) >= 11 is 4.95. The van der Waals surface area contributed by atoms with E-state index in [4.69, 9.17) is 9.41 Å². The Hall–Kier alpha value is -2.32. The van der Waals surface area contributed by atoms with Gasteiger partial charge < -0.3 is 4.42 Å². The average Bonchev–Trinajstić information content (AvgIpc) is 3.13. The number of fused-ring (bicyclic) bond motifs is 2. The number of carbonyl (C=O) groups is 1.